The van der Waals surface area contributed by atoms with Crippen LogP contribution in [0.3, 0.4) is 0 Å². The summed E-state index contributed by atoms with van der Waals surface area (Å²) in [5.41, 5.74) is 3.88. The maximum atomic E-state index is 12.0. The van der Waals surface area contributed by atoms with Crippen LogP contribution >= 0.6 is 11.3 Å². The number of fused-ring (bicyclic) bond motifs is 1. The lowest BCUT2D eigenvalue weighted by Gasteiger charge is -2.10. The van der Waals surface area contributed by atoms with E-state index in [2.05, 4.69) is 29.4 Å². The Hall–Kier alpha value is -2.73. The molecule has 1 heterocycles. The molecule has 3 aromatic rings. The number of rotatable bonds is 5. The van der Waals surface area contributed by atoms with E-state index >= 15 is 0 Å². The van der Waals surface area contributed by atoms with E-state index in [9.17, 15) is 9.59 Å². The summed E-state index contributed by atoms with van der Waals surface area (Å²) in [5, 5.41) is 3.72. The quantitative estimate of drug-likeness (QED) is 0.622. The highest BCUT2D eigenvalue weighted by molar-refractivity contribution is 7.21. The van der Waals surface area contributed by atoms with Crippen molar-refractivity contribution in [1.82, 2.24) is 4.98 Å². The summed E-state index contributed by atoms with van der Waals surface area (Å²) in [7, 11) is 0. The van der Waals surface area contributed by atoms with Crippen molar-refractivity contribution < 1.29 is 14.3 Å². The molecule has 4 rings (SSSR count). The van der Waals surface area contributed by atoms with Crippen molar-refractivity contribution in [3.8, 4) is 10.6 Å². The van der Waals surface area contributed by atoms with Gasteiger partial charge < -0.3 is 10.1 Å². The van der Waals surface area contributed by atoms with Gasteiger partial charge in [0.05, 0.1) is 16.1 Å². The summed E-state index contributed by atoms with van der Waals surface area (Å²) < 4.78 is 6.30. The minimum atomic E-state index is -0.324. The number of anilines is 1. The van der Waals surface area contributed by atoms with E-state index < -0.39 is 0 Å². The second-order valence-electron chi connectivity index (χ2n) is 7.20. The standard InChI is InChI=1S/C22H22N2O3S/c1-14-6-11-18-19(12-14)28-21(24-18)15-7-9-17(10-8-15)23-20(25)13-27-22(26)16-4-2-3-5-16/h6-12,16H,2-5,13H2,1H3,(H,23,25). The van der Waals surface area contributed by atoms with Gasteiger partial charge in [-0.3, -0.25) is 9.59 Å². The molecule has 1 aliphatic rings. The zero-order chi connectivity index (χ0) is 19.5. The van der Waals surface area contributed by atoms with Gasteiger partial charge in [0.25, 0.3) is 5.91 Å². The van der Waals surface area contributed by atoms with E-state index in [1.165, 1.54) is 5.56 Å². The third-order valence-electron chi connectivity index (χ3n) is 4.99. The van der Waals surface area contributed by atoms with Crippen LogP contribution in [0.5, 0.6) is 0 Å². The molecule has 28 heavy (non-hydrogen) atoms. The van der Waals surface area contributed by atoms with Gasteiger partial charge in [-0.25, -0.2) is 4.98 Å². The molecule has 1 fully saturated rings. The number of esters is 1. The average molecular weight is 394 g/mol. The number of carbonyl (C=O) groups excluding carboxylic acids is 2. The molecule has 6 heteroatoms. The summed E-state index contributed by atoms with van der Waals surface area (Å²) in [5.74, 6) is -0.617. The number of benzene rings is 2. The number of aryl methyl sites for hydroxylation is 1. The average Bonchev–Trinajstić information content (AvgIpc) is 3.36. The van der Waals surface area contributed by atoms with Gasteiger partial charge in [0.15, 0.2) is 6.61 Å². The Balaban J connectivity index is 1.35. The van der Waals surface area contributed by atoms with Gasteiger partial charge in [0, 0.05) is 11.3 Å². The van der Waals surface area contributed by atoms with Crippen LogP contribution in [0.15, 0.2) is 42.5 Å². The molecule has 0 aliphatic heterocycles. The van der Waals surface area contributed by atoms with Crippen LogP contribution in [-0.4, -0.2) is 23.5 Å². The van der Waals surface area contributed by atoms with Crippen LogP contribution in [0.25, 0.3) is 20.8 Å². The SMILES string of the molecule is Cc1ccc2nc(-c3ccc(NC(=O)COC(=O)C4CCCC4)cc3)sc2c1. The van der Waals surface area contributed by atoms with Gasteiger partial charge in [-0.1, -0.05) is 18.9 Å². The molecule has 1 saturated carbocycles. The molecule has 0 atom stereocenters. The first kappa shape index (κ1) is 18.6. The number of amides is 1. The summed E-state index contributed by atoms with van der Waals surface area (Å²) in [6, 6.07) is 13.8. The highest BCUT2D eigenvalue weighted by atomic mass is 32.1. The minimum absolute atomic E-state index is 0.0373. The number of hydrogen-bond donors (Lipinski definition) is 1. The highest BCUT2D eigenvalue weighted by Gasteiger charge is 2.24. The van der Waals surface area contributed by atoms with Gasteiger partial charge in [0.1, 0.15) is 5.01 Å². The van der Waals surface area contributed by atoms with Crippen LogP contribution in [0.2, 0.25) is 0 Å². The number of ether oxygens (including phenoxy) is 1. The first-order valence-corrected chi connectivity index (χ1v) is 10.3. The van der Waals surface area contributed by atoms with Gasteiger partial charge in [-0.05, 0) is 61.7 Å². The number of carbonyl (C=O) groups is 2. The molecule has 5 nitrogen and oxygen atoms in total. The second kappa shape index (κ2) is 8.10. The molecule has 1 N–H and O–H groups in total. The van der Waals surface area contributed by atoms with Crippen molar-refractivity contribution in [1.29, 1.82) is 0 Å². The lowest BCUT2D eigenvalue weighted by atomic mass is 10.1. The largest absolute Gasteiger partial charge is 0.455 e. The van der Waals surface area contributed by atoms with Crippen molar-refractivity contribution in [3.05, 3.63) is 48.0 Å². The summed E-state index contributed by atoms with van der Waals surface area (Å²) in [4.78, 5) is 28.6. The minimum Gasteiger partial charge on any atom is -0.455 e. The molecular weight excluding hydrogens is 372 g/mol. The van der Waals surface area contributed by atoms with E-state index in [-0.39, 0.29) is 24.4 Å². The monoisotopic (exact) mass is 394 g/mol. The van der Waals surface area contributed by atoms with Gasteiger partial charge in [0.2, 0.25) is 0 Å². The number of thiazole rings is 1. The van der Waals surface area contributed by atoms with Crippen LogP contribution < -0.4 is 5.32 Å². The molecule has 144 valence electrons. The Labute approximate surface area is 167 Å². The number of nitrogens with one attached hydrogen (secondary N) is 1. The van der Waals surface area contributed by atoms with Crippen molar-refractivity contribution >= 4 is 39.1 Å². The molecule has 1 aliphatic carbocycles. The lowest BCUT2D eigenvalue weighted by molar-refractivity contribution is -0.151. The predicted octanol–water partition coefficient (Wildman–Crippen LogP) is 4.94. The smallest absolute Gasteiger partial charge is 0.309 e. The van der Waals surface area contributed by atoms with Crippen LogP contribution in [0.1, 0.15) is 31.2 Å². The first-order chi connectivity index (χ1) is 13.6. The molecule has 0 saturated heterocycles. The molecule has 1 amide bonds. The Morgan fingerprint density at radius 2 is 1.89 bits per heavy atom. The molecule has 2 aromatic carbocycles. The van der Waals surface area contributed by atoms with Gasteiger partial charge >= 0.3 is 5.97 Å². The molecule has 0 unspecified atom stereocenters. The third-order valence-corrected chi connectivity index (χ3v) is 6.06. The zero-order valence-corrected chi connectivity index (χ0v) is 16.6. The summed E-state index contributed by atoms with van der Waals surface area (Å²) >= 11 is 1.65. The molecular formula is C22H22N2O3S. The fourth-order valence-electron chi connectivity index (χ4n) is 3.46. The van der Waals surface area contributed by atoms with Crippen molar-refractivity contribution in [2.24, 2.45) is 5.92 Å². The maximum Gasteiger partial charge on any atom is 0.309 e. The second-order valence-corrected chi connectivity index (χ2v) is 8.24. The highest BCUT2D eigenvalue weighted by Crippen LogP contribution is 2.31. The summed E-state index contributed by atoms with van der Waals surface area (Å²) in [6.45, 7) is 1.83. The van der Waals surface area contributed by atoms with E-state index in [1.54, 1.807) is 11.3 Å². The first-order valence-electron chi connectivity index (χ1n) is 9.52. The summed E-state index contributed by atoms with van der Waals surface area (Å²) in [6.07, 6.45) is 3.86. The molecule has 0 radical (unpaired) electrons. The van der Waals surface area contributed by atoms with Gasteiger partial charge in [-0.2, -0.15) is 0 Å². The molecule has 1 aromatic heterocycles. The Morgan fingerprint density at radius 3 is 2.64 bits per heavy atom. The van der Waals surface area contributed by atoms with Crippen molar-refractivity contribution in [3.63, 3.8) is 0 Å². The van der Waals surface area contributed by atoms with E-state index in [0.29, 0.717) is 5.69 Å². The zero-order valence-electron chi connectivity index (χ0n) is 15.7. The maximum absolute atomic E-state index is 12.0. The van der Waals surface area contributed by atoms with Gasteiger partial charge in [-0.15, -0.1) is 11.3 Å². The van der Waals surface area contributed by atoms with E-state index in [1.807, 2.05) is 30.3 Å². The van der Waals surface area contributed by atoms with Crippen LogP contribution in [0, 0.1) is 12.8 Å². The lowest BCUT2D eigenvalue weighted by Crippen LogP contribution is -2.23. The Kier molecular flexibility index (Phi) is 5.39. The van der Waals surface area contributed by atoms with Crippen LogP contribution in [0.4, 0.5) is 5.69 Å². The predicted molar refractivity (Wildman–Crippen MR) is 111 cm³/mol. The number of nitrogens with zero attached hydrogens (tertiary/aromatic N) is 1. The Morgan fingerprint density at radius 1 is 1.14 bits per heavy atom. The number of aromatic nitrogens is 1. The fraction of sp³-hybridized carbons (Fsp3) is 0.318. The third kappa shape index (κ3) is 4.22. The number of hydrogen-bond acceptors (Lipinski definition) is 5. The van der Waals surface area contributed by atoms with E-state index in [4.69, 9.17) is 4.74 Å². The topological polar surface area (TPSA) is 68.3 Å². The van der Waals surface area contributed by atoms with E-state index in [0.717, 1.165) is 46.5 Å². The van der Waals surface area contributed by atoms with Crippen molar-refractivity contribution in [2.75, 3.05) is 11.9 Å². The normalized spacial score (nSPS) is 14.3. The molecule has 0 bridgehead atoms. The molecule has 0 spiro atoms. The Bertz CT molecular complexity index is 1000. The fourth-order valence-corrected chi connectivity index (χ4v) is 4.53. The van der Waals surface area contributed by atoms with Crippen molar-refractivity contribution in [2.45, 2.75) is 32.6 Å². The van der Waals surface area contributed by atoms with Crippen LogP contribution in [-0.2, 0) is 14.3 Å².